The van der Waals surface area contributed by atoms with Crippen molar-refractivity contribution in [2.45, 2.75) is 22.9 Å². The standard InChI is InChI=1S/C34H30NO2S/c36-34(27-38(37,32-17-9-3-10-18-32)33-19-11-4-12-20-33)30-21-23-31(24-22-30)35(25-28-13-5-1-6-14-28)26-29-15-7-2-8-16-29/h1-24H,25-27H2/q+1. The lowest BCUT2D eigenvalue weighted by molar-refractivity contribution is 0.102. The quantitative estimate of drug-likeness (QED) is 0.141. The summed E-state index contributed by atoms with van der Waals surface area (Å²) >= 11 is 0. The molecule has 0 atom stereocenters. The van der Waals surface area contributed by atoms with Gasteiger partial charge in [-0.05, 0) is 59.7 Å². The molecule has 0 bridgehead atoms. The summed E-state index contributed by atoms with van der Waals surface area (Å²) in [6.07, 6.45) is 0. The summed E-state index contributed by atoms with van der Waals surface area (Å²) in [5, 5.41) is 0. The van der Waals surface area contributed by atoms with Crippen molar-refractivity contribution in [3.8, 4) is 0 Å². The Hall–Kier alpha value is -4.28. The molecule has 0 saturated carbocycles. The molecule has 0 spiro atoms. The van der Waals surface area contributed by atoms with Crippen molar-refractivity contribution in [1.82, 2.24) is 0 Å². The maximum absolute atomic E-state index is 14.3. The zero-order valence-electron chi connectivity index (χ0n) is 21.1. The third-order valence-corrected chi connectivity index (χ3v) is 9.31. The number of carbonyl (C=O) groups excluding carboxylic acids is 1. The molecule has 0 aliphatic rings. The van der Waals surface area contributed by atoms with Gasteiger partial charge in [-0.1, -0.05) is 101 Å². The average molecular weight is 517 g/mol. The second-order valence-electron chi connectivity index (χ2n) is 9.24. The van der Waals surface area contributed by atoms with Crippen LogP contribution in [0.5, 0.6) is 0 Å². The van der Waals surface area contributed by atoms with Crippen LogP contribution in [0.25, 0.3) is 0 Å². The van der Waals surface area contributed by atoms with Crippen LogP contribution in [-0.4, -0.2) is 11.5 Å². The summed E-state index contributed by atoms with van der Waals surface area (Å²) in [5.74, 6) is -0.204. The number of benzene rings is 5. The number of ketones is 1. The Morgan fingerprint density at radius 1 is 0.526 bits per heavy atom. The lowest BCUT2D eigenvalue weighted by Gasteiger charge is -2.25. The van der Waals surface area contributed by atoms with E-state index < -0.39 is 9.93 Å². The van der Waals surface area contributed by atoms with Crippen molar-refractivity contribution in [3.05, 3.63) is 162 Å². The van der Waals surface area contributed by atoms with E-state index in [9.17, 15) is 9.00 Å². The minimum atomic E-state index is -2.76. The number of hydrogen-bond donors (Lipinski definition) is 0. The molecule has 3 nitrogen and oxygen atoms in total. The normalized spacial score (nSPS) is 11.2. The van der Waals surface area contributed by atoms with Crippen LogP contribution in [0.3, 0.4) is 0 Å². The second-order valence-corrected chi connectivity index (χ2v) is 11.8. The largest absolute Gasteiger partial charge is 0.363 e. The Morgan fingerprint density at radius 2 is 0.921 bits per heavy atom. The maximum atomic E-state index is 14.3. The maximum Gasteiger partial charge on any atom is 0.212 e. The van der Waals surface area contributed by atoms with Gasteiger partial charge in [0, 0.05) is 24.3 Å². The van der Waals surface area contributed by atoms with Crippen molar-refractivity contribution in [3.63, 3.8) is 0 Å². The SMILES string of the molecule is O=C(C[S+](=O)(c1ccccc1)c1ccccc1)c1ccc(N(Cc2ccccc2)Cc2ccccc2)cc1. The molecule has 0 heterocycles. The van der Waals surface area contributed by atoms with Gasteiger partial charge in [-0.15, -0.1) is 0 Å². The fourth-order valence-electron chi connectivity index (χ4n) is 4.56. The third kappa shape index (κ3) is 5.99. The Kier molecular flexibility index (Phi) is 7.91. The van der Waals surface area contributed by atoms with E-state index in [-0.39, 0.29) is 11.5 Å². The average Bonchev–Trinajstić information content (AvgIpc) is 2.99. The van der Waals surface area contributed by atoms with Crippen LogP contribution in [0, 0.1) is 0 Å². The fraction of sp³-hybridized carbons (Fsp3) is 0.0882. The molecular formula is C34H30NO2S+. The topological polar surface area (TPSA) is 37.4 Å². The Labute approximate surface area is 225 Å². The van der Waals surface area contributed by atoms with Gasteiger partial charge in [0.15, 0.2) is 25.5 Å². The number of rotatable bonds is 10. The molecule has 0 aromatic heterocycles. The number of anilines is 1. The molecule has 0 radical (unpaired) electrons. The molecule has 5 rings (SSSR count). The van der Waals surface area contributed by atoms with Gasteiger partial charge in [0.05, 0.1) is 0 Å². The number of hydrogen-bond acceptors (Lipinski definition) is 3. The van der Waals surface area contributed by atoms with Crippen LogP contribution < -0.4 is 4.90 Å². The zero-order valence-corrected chi connectivity index (χ0v) is 22.0. The molecule has 0 fully saturated rings. The summed E-state index contributed by atoms with van der Waals surface area (Å²) in [7, 11) is -2.76. The Balaban J connectivity index is 1.40. The van der Waals surface area contributed by atoms with Crippen LogP contribution in [0.15, 0.2) is 155 Å². The predicted octanol–water partition coefficient (Wildman–Crippen LogP) is 7.69. The fourth-order valence-corrected chi connectivity index (χ4v) is 6.89. The highest BCUT2D eigenvalue weighted by Gasteiger charge is 2.37. The second kappa shape index (κ2) is 11.8. The van der Waals surface area contributed by atoms with Crippen molar-refractivity contribution in [2.24, 2.45) is 0 Å². The monoisotopic (exact) mass is 516 g/mol. The summed E-state index contributed by atoms with van der Waals surface area (Å²) in [6.45, 7) is 1.50. The lowest BCUT2D eigenvalue weighted by Crippen LogP contribution is -2.24. The van der Waals surface area contributed by atoms with Gasteiger partial charge in [0.1, 0.15) is 0 Å². The number of nitrogens with zero attached hydrogens (tertiary/aromatic N) is 1. The van der Waals surface area contributed by atoms with E-state index in [4.69, 9.17) is 0 Å². The van der Waals surface area contributed by atoms with Crippen molar-refractivity contribution in [1.29, 1.82) is 0 Å². The van der Waals surface area contributed by atoms with Gasteiger partial charge in [-0.2, -0.15) is 0 Å². The van der Waals surface area contributed by atoms with Crippen LogP contribution in [-0.2, 0) is 27.2 Å². The molecule has 0 amide bonds. The molecule has 0 saturated heterocycles. The number of Topliss-reactive ketones (excluding diaryl/α,β-unsaturated/α-hetero) is 1. The van der Waals surface area contributed by atoms with Crippen molar-refractivity contribution in [2.75, 3.05) is 10.7 Å². The first-order valence-corrected chi connectivity index (χ1v) is 14.4. The van der Waals surface area contributed by atoms with Crippen LogP contribution in [0.4, 0.5) is 5.69 Å². The smallest absolute Gasteiger partial charge is 0.212 e. The first kappa shape index (κ1) is 25.4. The van der Waals surface area contributed by atoms with Crippen LogP contribution in [0.1, 0.15) is 21.5 Å². The number of carbonyl (C=O) groups is 1. The molecule has 0 aliphatic heterocycles. The molecule has 0 N–H and O–H groups in total. The molecular weight excluding hydrogens is 486 g/mol. The molecule has 0 unspecified atom stereocenters. The third-order valence-electron chi connectivity index (χ3n) is 6.57. The van der Waals surface area contributed by atoms with Crippen molar-refractivity contribution < 1.29 is 9.00 Å². The van der Waals surface area contributed by atoms with Crippen LogP contribution in [0.2, 0.25) is 0 Å². The Bertz CT molecular complexity index is 1420. The molecule has 4 heteroatoms. The molecule has 5 aromatic rings. The van der Waals surface area contributed by atoms with E-state index in [0.717, 1.165) is 18.8 Å². The highest BCUT2D eigenvalue weighted by Crippen LogP contribution is 2.30. The van der Waals surface area contributed by atoms with E-state index in [1.807, 2.05) is 97.1 Å². The predicted molar refractivity (Wildman–Crippen MR) is 156 cm³/mol. The first-order chi connectivity index (χ1) is 18.6. The molecule has 0 aliphatic carbocycles. The van der Waals surface area contributed by atoms with E-state index in [0.29, 0.717) is 15.4 Å². The Morgan fingerprint density at radius 3 is 1.34 bits per heavy atom. The molecule has 38 heavy (non-hydrogen) atoms. The van der Waals surface area contributed by atoms with Gasteiger partial charge in [0.2, 0.25) is 5.78 Å². The van der Waals surface area contributed by atoms with E-state index >= 15 is 0 Å². The van der Waals surface area contributed by atoms with E-state index in [2.05, 4.69) is 53.4 Å². The summed E-state index contributed by atoms with van der Waals surface area (Å²) in [6, 6.07) is 47.1. The minimum absolute atomic E-state index is 0.0713. The van der Waals surface area contributed by atoms with Crippen molar-refractivity contribution >= 4 is 21.4 Å². The summed E-state index contributed by atoms with van der Waals surface area (Å²) in [5.41, 5.74) is 4.02. The zero-order chi connectivity index (χ0) is 26.2. The van der Waals surface area contributed by atoms with Gasteiger partial charge in [-0.3, -0.25) is 4.79 Å². The van der Waals surface area contributed by atoms with E-state index in [1.165, 1.54) is 11.1 Å². The molecule has 5 aromatic carbocycles. The highest BCUT2D eigenvalue weighted by atomic mass is 32.2. The minimum Gasteiger partial charge on any atom is -0.363 e. The van der Waals surface area contributed by atoms with Crippen LogP contribution >= 0.6 is 0 Å². The van der Waals surface area contributed by atoms with E-state index in [1.54, 1.807) is 0 Å². The van der Waals surface area contributed by atoms with Gasteiger partial charge < -0.3 is 4.90 Å². The van der Waals surface area contributed by atoms with Gasteiger partial charge >= 0.3 is 0 Å². The highest BCUT2D eigenvalue weighted by molar-refractivity contribution is 8.03. The van der Waals surface area contributed by atoms with Gasteiger partial charge in [0.25, 0.3) is 0 Å². The van der Waals surface area contributed by atoms with Gasteiger partial charge in [-0.25, -0.2) is 0 Å². The molecule has 188 valence electrons. The lowest BCUT2D eigenvalue weighted by atomic mass is 10.1. The first-order valence-electron chi connectivity index (χ1n) is 12.7. The summed E-state index contributed by atoms with van der Waals surface area (Å²) in [4.78, 5) is 17.1. The summed E-state index contributed by atoms with van der Waals surface area (Å²) < 4.78 is 14.3.